The zero-order chi connectivity index (χ0) is 13.7. The molecule has 4 nitrogen and oxygen atoms in total. The molecule has 0 atom stereocenters. The van der Waals surface area contributed by atoms with Gasteiger partial charge in [0, 0.05) is 17.4 Å². The van der Waals surface area contributed by atoms with E-state index in [1.807, 2.05) is 12.1 Å². The molecule has 1 aromatic heterocycles. The Hall–Kier alpha value is -2.07. The highest BCUT2D eigenvalue weighted by Gasteiger charge is 2.10. The lowest BCUT2D eigenvalue weighted by atomic mass is 10.1. The van der Waals surface area contributed by atoms with Crippen LogP contribution in [0.15, 0.2) is 48.6 Å². The third-order valence-electron chi connectivity index (χ3n) is 2.57. The maximum atomic E-state index is 11.8. The number of rotatable bonds is 4. The van der Waals surface area contributed by atoms with Gasteiger partial charge in [0.15, 0.2) is 0 Å². The molecule has 0 fully saturated rings. The summed E-state index contributed by atoms with van der Waals surface area (Å²) in [6, 6.07) is 7.25. The topological polar surface area (TPSA) is 44.1 Å². The summed E-state index contributed by atoms with van der Waals surface area (Å²) in [7, 11) is 1.37. The summed E-state index contributed by atoms with van der Waals surface area (Å²) >= 11 is 5.83. The molecule has 0 aliphatic carbocycles. The lowest BCUT2D eigenvalue weighted by Gasteiger charge is -2.06. The van der Waals surface area contributed by atoms with Crippen molar-refractivity contribution >= 4 is 23.6 Å². The van der Waals surface area contributed by atoms with Crippen LogP contribution in [0.4, 0.5) is 0 Å². The molecule has 0 N–H and O–H groups in total. The van der Waals surface area contributed by atoms with Gasteiger partial charge in [0.2, 0.25) is 0 Å². The molecule has 0 amide bonds. The Morgan fingerprint density at radius 2 is 2.16 bits per heavy atom. The number of hydrogen-bond acceptors (Lipinski definition) is 3. The van der Waals surface area contributed by atoms with Gasteiger partial charge in [0.05, 0.1) is 25.6 Å². The third-order valence-corrected chi connectivity index (χ3v) is 2.82. The molecule has 5 heteroatoms. The van der Waals surface area contributed by atoms with Gasteiger partial charge in [0.25, 0.3) is 0 Å². The largest absolute Gasteiger partial charge is 0.466 e. The summed E-state index contributed by atoms with van der Waals surface area (Å²) in [5.41, 5.74) is 1.44. The van der Waals surface area contributed by atoms with Crippen LogP contribution in [0.1, 0.15) is 5.56 Å². The van der Waals surface area contributed by atoms with E-state index < -0.39 is 0 Å². The van der Waals surface area contributed by atoms with Gasteiger partial charge in [-0.15, -0.1) is 0 Å². The smallest absolute Gasteiger partial charge is 0.335 e. The number of halogens is 1. The molecule has 0 aliphatic heterocycles. The van der Waals surface area contributed by atoms with Crippen LogP contribution in [0.2, 0.25) is 5.02 Å². The van der Waals surface area contributed by atoms with E-state index >= 15 is 0 Å². The first-order valence-electron chi connectivity index (χ1n) is 5.69. The zero-order valence-electron chi connectivity index (χ0n) is 10.4. The predicted octanol–water partition coefficient (Wildman–Crippen LogP) is 2.79. The third kappa shape index (κ3) is 3.69. The van der Waals surface area contributed by atoms with Crippen molar-refractivity contribution in [3.8, 4) is 0 Å². The molecule has 19 heavy (non-hydrogen) atoms. The zero-order valence-corrected chi connectivity index (χ0v) is 11.2. The number of ether oxygens (including phenoxy) is 1. The molecule has 98 valence electrons. The molecule has 0 bridgehead atoms. The van der Waals surface area contributed by atoms with Gasteiger partial charge in [0.1, 0.15) is 0 Å². The molecule has 1 aromatic carbocycles. The first-order chi connectivity index (χ1) is 9.19. The average Bonchev–Trinajstić information content (AvgIpc) is 2.92. The highest BCUT2D eigenvalue weighted by atomic mass is 35.5. The summed E-state index contributed by atoms with van der Waals surface area (Å²) in [5.74, 6) is -0.358. The summed E-state index contributed by atoms with van der Waals surface area (Å²) in [5, 5.41) is 0.659. The number of carbonyl (C=O) groups is 1. The lowest BCUT2D eigenvalue weighted by molar-refractivity contribution is -0.136. The fourth-order valence-electron chi connectivity index (χ4n) is 1.64. The maximum absolute atomic E-state index is 11.8. The first kappa shape index (κ1) is 13.4. The van der Waals surface area contributed by atoms with Crippen molar-refractivity contribution < 1.29 is 9.53 Å². The summed E-state index contributed by atoms with van der Waals surface area (Å²) in [6.45, 7) is 0.412. The van der Waals surface area contributed by atoms with Gasteiger partial charge in [-0.25, -0.2) is 9.78 Å². The summed E-state index contributed by atoms with van der Waals surface area (Å²) in [6.07, 6.45) is 6.89. The van der Waals surface area contributed by atoms with Crippen LogP contribution in [-0.2, 0) is 16.1 Å². The normalized spacial score (nSPS) is 11.4. The first-order valence-corrected chi connectivity index (χ1v) is 6.07. The molecule has 0 saturated heterocycles. The summed E-state index contributed by atoms with van der Waals surface area (Å²) in [4.78, 5) is 15.7. The Bertz CT molecular complexity index is 574. The van der Waals surface area contributed by atoms with Crippen molar-refractivity contribution in [3.05, 3.63) is 59.1 Å². The van der Waals surface area contributed by atoms with E-state index in [0.29, 0.717) is 17.1 Å². The molecule has 0 unspecified atom stereocenters. The Morgan fingerprint density at radius 3 is 2.74 bits per heavy atom. The molecule has 0 saturated carbocycles. The van der Waals surface area contributed by atoms with Crippen molar-refractivity contribution in [2.45, 2.75) is 6.54 Å². The number of benzene rings is 1. The lowest BCUT2D eigenvalue weighted by Crippen LogP contribution is -2.10. The van der Waals surface area contributed by atoms with Gasteiger partial charge >= 0.3 is 5.97 Å². The minimum atomic E-state index is -0.358. The number of carbonyl (C=O) groups excluding carboxylic acids is 1. The van der Waals surface area contributed by atoms with E-state index in [2.05, 4.69) is 4.98 Å². The highest BCUT2D eigenvalue weighted by Crippen LogP contribution is 2.14. The standard InChI is InChI=1S/C14H13ClN2O2/c1-19-14(18)12(9-17-7-6-16-10-17)8-11-2-4-13(15)5-3-11/h2-8,10H,9H2,1H3/b12-8+. The molecular formula is C14H13ClN2O2. The second-order valence-corrected chi connectivity index (χ2v) is 4.38. The van der Waals surface area contributed by atoms with Gasteiger partial charge < -0.3 is 9.30 Å². The van der Waals surface area contributed by atoms with Crippen LogP contribution in [0.5, 0.6) is 0 Å². The Balaban J connectivity index is 2.26. The molecule has 2 rings (SSSR count). The second kappa shape index (κ2) is 6.20. The maximum Gasteiger partial charge on any atom is 0.335 e. The number of aromatic nitrogens is 2. The molecular weight excluding hydrogens is 264 g/mol. The molecule has 0 aliphatic rings. The highest BCUT2D eigenvalue weighted by molar-refractivity contribution is 6.30. The van der Waals surface area contributed by atoms with Crippen molar-refractivity contribution in [2.24, 2.45) is 0 Å². The fourth-order valence-corrected chi connectivity index (χ4v) is 1.76. The SMILES string of the molecule is COC(=O)/C(=C/c1ccc(Cl)cc1)Cn1ccnc1. The second-order valence-electron chi connectivity index (χ2n) is 3.95. The minimum Gasteiger partial charge on any atom is -0.466 e. The van der Waals surface area contributed by atoms with E-state index in [1.165, 1.54) is 7.11 Å². The molecule has 0 spiro atoms. The predicted molar refractivity (Wildman–Crippen MR) is 73.7 cm³/mol. The quantitative estimate of drug-likeness (QED) is 0.637. The van der Waals surface area contributed by atoms with E-state index in [4.69, 9.17) is 16.3 Å². The van der Waals surface area contributed by atoms with Crippen LogP contribution < -0.4 is 0 Å². The number of esters is 1. The van der Waals surface area contributed by atoms with E-state index in [9.17, 15) is 4.79 Å². The number of hydrogen-bond donors (Lipinski definition) is 0. The van der Waals surface area contributed by atoms with Crippen molar-refractivity contribution in [2.75, 3.05) is 7.11 Å². The Labute approximate surface area is 116 Å². The van der Waals surface area contributed by atoms with Gasteiger partial charge in [-0.05, 0) is 23.8 Å². The van der Waals surface area contributed by atoms with Crippen LogP contribution in [0, 0.1) is 0 Å². The van der Waals surface area contributed by atoms with E-state index in [1.54, 1.807) is 41.5 Å². The summed E-state index contributed by atoms with van der Waals surface area (Å²) < 4.78 is 6.59. The van der Waals surface area contributed by atoms with Gasteiger partial charge in [-0.2, -0.15) is 0 Å². The van der Waals surface area contributed by atoms with Crippen LogP contribution in [0.3, 0.4) is 0 Å². The number of imidazole rings is 1. The Morgan fingerprint density at radius 1 is 1.42 bits per heavy atom. The van der Waals surface area contributed by atoms with Crippen molar-refractivity contribution in [1.29, 1.82) is 0 Å². The van der Waals surface area contributed by atoms with Crippen molar-refractivity contribution in [1.82, 2.24) is 9.55 Å². The van der Waals surface area contributed by atoms with E-state index in [0.717, 1.165) is 5.56 Å². The van der Waals surface area contributed by atoms with Gasteiger partial charge in [-0.3, -0.25) is 0 Å². The average molecular weight is 277 g/mol. The minimum absolute atomic E-state index is 0.358. The Kier molecular flexibility index (Phi) is 4.36. The molecule has 0 radical (unpaired) electrons. The van der Waals surface area contributed by atoms with Gasteiger partial charge in [-0.1, -0.05) is 23.7 Å². The molecule has 1 heterocycles. The number of methoxy groups -OCH3 is 1. The monoisotopic (exact) mass is 276 g/mol. The molecule has 2 aromatic rings. The van der Waals surface area contributed by atoms with Crippen LogP contribution >= 0.6 is 11.6 Å². The fraction of sp³-hybridized carbons (Fsp3) is 0.143. The van der Waals surface area contributed by atoms with Crippen LogP contribution in [-0.4, -0.2) is 22.6 Å². The van der Waals surface area contributed by atoms with E-state index in [-0.39, 0.29) is 5.97 Å². The van der Waals surface area contributed by atoms with Crippen LogP contribution in [0.25, 0.3) is 6.08 Å². The number of nitrogens with zero attached hydrogens (tertiary/aromatic N) is 2. The van der Waals surface area contributed by atoms with Crippen molar-refractivity contribution in [3.63, 3.8) is 0 Å².